The first kappa shape index (κ1) is 7.80. The molecule has 0 fully saturated rings. The molecule has 0 aliphatic rings. The molecule has 10 heavy (non-hydrogen) atoms. The van der Waals surface area contributed by atoms with Gasteiger partial charge in [0.2, 0.25) is 0 Å². The van der Waals surface area contributed by atoms with Crippen molar-refractivity contribution in [1.29, 1.82) is 0 Å². The summed E-state index contributed by atoms with van der Waals surface area (Å²) in [4.78, 5) is 0. The maximum atomic E-state index is 3.45. The molecule has 0 amide bonds. The van der Waals surface area contributed by atoms with Gasteiger partial charge >= 0.3 is 0 Å². The average molecular weight is 199 g/mol. The maximum absolute atomic E-state index is 3.45. The van der Waals surface area contributed by atoms with E-state index in [0.29, 0.717) is 0 Å². The largest absolute Gasteiger partial charge is 0.0508 e. The van der Waals surface area contributed by atoms with Crippen LogP contribution in [-0.2, 0) is 0 Å². The van der Waals surface area contributed by atoms with Crippen LogP contribution in [0.4, 0.5) is 0 Å². The number of halogens is 1. The van der Waals surface area contributed by atoms with Crippen LogP contribution in [-0.4, -0.2) is 0 Å². The zero-order valence-electron chi connectivity index (χ0n) is 6.53. The SMILES string of the molecule is Cc1cc(Br)cc(C)c1C. The zero-order chi connectivity index (χ0) is 7.72. The molecule has 0 bridgehead atoms. The summed E-state index contributed by atoms with van der Waals surface area (Å²) in [5.74, 6) is 0. The molecule has 0 atom stereocenters. The van der Waals surface area contributed by atoms with Crippen molar-refractivity contribution in [3.63, 3.8) is 0 Å². The first-order chi connectivity index (χ1) is 4.61. The van der Waals surface area contributed by atoms with Crippen LogP contribution >= 0.6 is 15.9 Å². The molecule has 0 nitrogen and oxygen atoms in total. The van der Waals surface area contributed by atoms with Crippen molar-refractivity contribution in [3.05, 3.63) is 33.3 Å². The molecule has 0 aliphatic heterocycles. The first-order valence-corrected chi connectivity index (χ1v) is 4.14. The van der Waals surface area contributed by atoms with Crippen LogP contribution in [0.15, 0.2) is 16.6 Å². The molecular formula is C9H11Br. The molecule has 0 unspecified atom stereocenters. The fourth-order valence-electron chi connectivity index (χ4n) is 0.983. The summed E-state index contributed by atoms with van der Waals surface area (Å²) in [6.45, 7) is 6.41. The van der Waals surface area contributed by atoms with Crippen molar-refractivity contribution in [2.45, 2.75) is 20.8 Å². The Labute approximate surface area is 70.4 Å². The number of aryl methyl sites for hydroxylation is 2. The Morgan fingerprint density at radius 1 is 1.00 bits per heavy atom. The normalized spacial score (nSPS) is 10.0. The molecule has 0 saturated carbocycles. The van der Waals surface area contributed by atoms with Gasteiger partial charge in [-0.1, -0.05) is 15.9 Å². The Bertz CT molecular complexity index is 228. The minimum absolute atomic E-state index is 1.17. The second-order valence-electron chi connectivity index (χ2n) is 2.66. The highest BCUT2D eigenvalue weighted by atomic mass is 79.9. The summed E-state index contributed by atoms with van der Waals surface area (Å²) in [7, 11) is 0. The summed E-state index contributed by atoms with van der Waals surface area (Å²) >= 11 is 3.45. The molecule has 0 saturated heterocycles. The third-order valence-electron chi connectivity index (χ3n) is 1.89. The monoisotopic (exact) mass is 198 g/mol. The molecular weight excluding hydrogens is 188 g/mol. The lowest BCUT2D eigenvalue weighted by molar-refractivity contribution is 1.26. The van der Waals surface area contributed by atoms with Crippen molar-refractivity contribution >= 4 is 15.9 Å². The Hall–Kier alpha value is -0.300. The topological polar surface area (TPSA) is 0 Å². The summed E-state index contributed by atoms with van der Waals surface area (Å²) in [5, 5.41) is 0. The standard InChI is InChI=1S/C9H11Br/c1-6-4-9(10)5-7(2)8(6)3/h4-5H,1-3H3. The summed E-state index contributed by atoms with van der Waals surface area (Å²) < 4.78 is 1.17. The van der Waals surface area contributed by atoms with E-state index in [0.717, 1.165) is 0 Å². The van der Waals surface area contributed by atoms with E-state index in [1.54, 1.807) is 0 Å². The van der Waals surface area contributed by atoms with Crippen molar-refractivity contribution in [2.75, 3.05) is 0 Å². The Balaban J connectivity index is 3.31. The third-order valence-corrected chi connectivity index (χ3v) is 2.35. The molecule has 0 aromatic heterocycles. The Morgan fingerprint density at radius 2 is 1.40 bits per heavy atom. The predicted molar refractivity (Wildman–Crippen MR) is 48.4 cm³/mol. The molecule has 1 aromatic carbocycles. The average Bonchev–Trinajstić information content (AvgIpc) is 1.82. The molecule has 54 valence electrons. The smallest absolute Gasteiger partial charge is 0.0180 e. The number of benzene rings is 1. The Kier molecular flexibility index (Phi) is 2.14. The minimum Gasteiger partial charge on any atom is -0.0508 e. The van der Waals surface area contributed by atoms with Crippen molar-refractivity contribution in [1.82, 2.24) is 0 Å². The van der Waals surface area contributed by atoms with Crippen molar-refractivity contribution < 1.29 is 0 Å². The summed E-state index contributed by atoms with van der Waals surface area (Å²) in [5.41, 5.74) is 4.10. The van der Waals surface area contributed by atoms with Gasteiger partial charge in [-0.3, -0.25) is 0 Å². The van der Waals surface area contributed by atoms with E-state index in [1.807, 2.05) is 0 Å². The predicted octanol–water partition coefficient (Wildman–Crippen LogP) is 3.37. The van der Waals surface area contributed by atoms with E-state index >= 15 is 0 Å². The van der Waals surface area contributed by atoms with Gasteiger partial charge in [0.25, 0.3) is 0 Å². The van der Waals surface area contributed by atoms with Gasteiger partial charge in [0.15, 0.2) is 0 Å². The van der Waals surface area contributed by atoms with Gasteiger partial charge in [-0.2, -0.15) is 0 Å². The molecule has 0 spiro atoms. The highest BCUT2D eigenvalue weighted by Gasteiger charge is 1.96. The van der Waals surface area contributed by atoms with Gasteiger partial charge in [0.05, 0.1) is 0 Å². The third kappa shape index (κ3) is 1.40. The molecule has 1 rings (SSSR count). The molecule has 0 aliphatic carbocycles. The van der Waals surface area contributed by atoms with Crippen LogP contribution in [0.3, 0.4) is 0 Å². The van der Waals surface area contributed by atoms with E-state index in [4.69, 9.17) is 0 Å². The van der Waals surface area contributed by atoms with Gasteiger partial charge in [-0.05, 0) is 49.6 Å². The van der Waals surface area contributed by atoms with Crippen LogP contribution in [0.1, 0.15) is 16.7 Å². The minimum atomic E-state index is 1.17. The van der Waals surface area contributed by atoms with Gasteiger partial charge in [0.1, 0.15) is 0 Å². The fraction of sp³-hybridized carbons (Fsp3) is 0.333. The Morgan fingerprint density at radius 3 is 1.80 bits per heavy atom. The second kappa shape index (κ2) is 2.75. The van der Waals surface area contributed by atoms with E-state index in [-0.39, 0.29) is 0 Å². The molecule has 0 radical (unpaired) electrons. The van der Waals surface area contributed by atoms with E-state index < -0.39 is 0 Å². The number of hydrogen-bond donors (Lipinski definition) is 0. The highest BCUT2D eigenvalue weighted by molar-refractivity contribution is 9.10. The number of hydrogen-bond acceptors (Lipinski definition) is 0. The summed E-state index contributed by atoms with van der Waals surface area (Å²) in [6, 6.07) is 4.28. The van der Waals surface area contributed by atoms with Crippen LogP contribution in [0.25, 0.3) is 0 Å². The van der Waals surface area contributed by atoms with Crippen molar-refractivity contribution in [2.24, 2.45) is 0 Å². The van der Waals surface area contributed by atoms with Gasteiger partial charge < -0.3 is 0 Å². The lowest BCUT2D eigenvalue weighted by Gasteiger charge is -2.03. The number of rotatable bonds is 0. The highest BCUT2D eigenvalue weighted by Crippen LogP contribution is 2.18. The van der Waals surface area contributed by atoms with E-state index in [2.05, 4.69) is 48.8 Å². The van der Waals surface area contributed by atoms with Crippen LogP contribution in [0, 0.1) is 20.8 Å². The zero-order valence-corrected chi connectivity index (χ0v) is 8.12. The quantitative estimate of drug-likeness (QED) is 0.600. The lowest BCUT2D eigenvalue weighted by atomic mass is 10.1. The van der Waals surface area contributed by atoms with Crippen LogP contribution < -0.4 is 0 Å². The fourth-order valence-corrected chi connectivity index (χ4v) is 1.67. The maximum Gasteiger partial charge on any atom is 0.0180 e. The van der Waals surface area contributed by atoms with Gasteiger partial charge in [-0.25, -0.2) is 0 Å². The van der Waals surface area contributed by atoms with Gasteiger partial charge in [-0.15, -0.1) is 0 Å². The first-order valence-electron chi connectivity index (χ1n) is 3.34. The van der Waals surface area contributed by atoms with Crippen molar-refractivity contribution in [3.8, 4) is 0 Å². The molecule has 0 heterocycles. The second-order valence-corrected chi connectivity index (χ2v) is 3.58. The molecule has 0 N–H and O–H groups in total. The van der Waals surface area contributed by atoms with E-state index in [1.165, 1.54) is 21.2 Å². The van der Waals surface area contributed by atoms with Gasteiger partial charge in [0, 0.05) is 4.47 Å². The van der Waals surface area contributed by atoms with E-state index in [9.17, 15) is 0 Å². The lowest BCUT2D eigenvalue weighted by Crippen LogP contribution is -1.84. The summed E-state index contributed by atoms with van der Waals surface area (Å²) in [6.07, 6.45) is 0. The molecule has 1 heteroatoms. The van der Waals surface area contributed by atoms with Crippen LogP contribution in [0.2, 0.25) is 0 Å². The molecule has 1 aromatic rings. The van der Waals surface area contributed by atoms with Crippen LogP contribution in [0.5, 0.6) is 0 Å².